The van der Waals surface area contributed by atoms with E-state index in [2.05, 4.69) is 5.32 Å². The van der Waals surface area contributed by atoms with E-state index in [4.69, 9.17) is 11.6 Å². The lowest BCUT2D eigenvalue weighted by molar-refractivity contribution is -0.385. The molecule has 0 unspecified atom stereocenters. The Bertz CT molecular complexity index is 680. The van der Waals surface area contributed by atoms with Crippen LogP contribution in [0.25, 0.3) is 0 Å². The van der Waals surface area contributed by atoms with Crippen LogP contribution in [0.4, 0.5) is 14.5 Å². The van der Waals surface area contributed by atoms with E-state index in [0.717, 1.165) is 23.8 Å². The third-order valence-electron chi connectivity index (χ3n) is 2.87. The molecule has 0 aliphatic carbocycles. The highest BCUT2D eigenvalue weighted by molar-refractivity contribution is 6.30. The Labute approximate surface area is 124 Å². The number of halogens is 3. The topological polar surface area (TPSA) is 55.2 Å². The Hall–Kier alpha value is -2.05. The fourth-order valence-electron chi connectivity index (χ4n) is 1.86. The van der Waals surface area contributed by atoms with E-state index in [1.54, 1.807) is 6.07 Å². The molecule has 0 aliphatic rings. The van der Waals surface area contributed by atoms with Gasteiger partial charge in [0.25, 0.3) is 5.69 Å². The summed E-state index contributed by atoms with van der Waals surface area (Å²) in [6.45, 7) is 0.441. The third-order valence-corrected chi connectivity index (χ3v) is 3.16. The highest BCUT2D eigenvalue weighted by Crippen LogP contribution is 2.20. The van der Waals surface area contributed by atoms with Crippen LogP contribution < -0.4 is 5.32 Å². The Morgan fingerprint density at radius 3 is 2.57 bits per heavy atom. The Kier molecular flexibility index (Phi) is 4.82. The monoisotopic (exact) mass is 312 g/mol. The maximum atomic E-state index is 13.1. The van der Waals surface area contributed by atoms with Gasteiger partial charge in [-0.2, -0.15) is 0 Å². The summed E-state index contributed by atoms with van der Waals surface area (Å²) in [5.74, 6) is -1.05. The lowest BCUT2D eigenvalue weighted by Gasteiger charge is -2.07. The predicted octanol–water partition coefficient (Wildman–Crippen LogP) is 3.82. The van der Waals surface area contributed by atoms with E-state index < -0.39 is 16.6 Å². The lowest BCUT2D eigenvalue weighted by atomic mass is 10.1. The van der Waals surface area contributed by atoms with Gasteiger partial charge >= 0.3 is 0 Å². The van der Waals surface area contributed by atoms with Gasteiger partial charge in [-0.15, -0.1) is 0 Å². The summed E-state index contributed by atoms with van der Waals surface area (Å²) in [4.78, 5) is 10.3. The molecule has 4 nitrogen and oxygen atoms in total. The summed E-state index contributed by atoms with van der Waals surface area (Å²) in [7, 11) is 0. The summed E-state index contributed by atoms with van der Waals surface area (Å²) >= 11 is 5.66. The fourth-order valence-corrected chi connectivity index (χ4v) is 2.07. The zero-order chi connectivity index (χ0) is 15.4. The van der Waals surface area contributed by atoms with Crippen molar-refractivity contribution < 1.29 is 13.7 Å². The molecule has 110 valence electrons. The highest BCUT2D eigenvalue weighted by atomic mass is 35.5. The molecular formula is C14H11ClF2N2O2. The van der Waals surface area contributed by atoms with Crippen LogP contribution in [-0.4, -0.2) is 4.92 Å². The SMILES string of the molecule is O=[N+]([O-])c1ccc(F)cc1CNCc1ccc(F)c(Cl)c1. The molecule has 0 heterocycles. The van der Waals surface area contributed by atoms with E-state index >= 15 is 0 Å². The van der Waals surface area contributed by atoms with Crippen LogP contribution in [0.1, 0.15) is 11.1 Å². The van der Waals surface area contributed by atoms with Crippen LogP contribution in [0.2, 0.25) is 5.02 Å². The Balaban J connectivity index is 2.04. The zero-order valence-corrected chi connectivity index (χ0v) is 11.5. The molecule has 0 aromatic heterocycles. The summed E-state index contributed by atoms with van der Waals surface area (Å²) in [6.07, 6.45) is 0. The van der Waals surface area contributed by atoms with Crippen molar-refractivity contribution in [1.82, 2.24) is 5.32 Å². The molecule has 0 saturated heterocycles. The minimum absolute atomic E-state index is 0.00559. The second-order valence-electron chi connectivity index (χ2n) is 4.38. The maximum absolute atomic E-state index is 13.1. The Morgan fingerprint density at radius 1 is 1.14 bits per heavy atom. The van der Waals surface area contributed by atoms with Crippen molar-refractivity contribution in [2.24, 2.45) is 0 Å². The summed E-state index contributed by atoms with van der Waals surface area (Å²) in [5, 5.41) is 13.8. The molecule has 0 fully saturated rings. The number of hydrogen-bond donors (Lipinski definition) is 1. The fraction of sp³-hybridized carbons (Fsp3) is 0.143. The second kappa shape index (κ2) is 6.60. The standard InChI is InChI=1S/C14H11ClF2N2O2/c15-12-5-9(1-3-13(12)17)7-18-8-10-6-11(16)2-4-14(10)19(20)21/h1-6,18H,7-8H2. The van der Waals surface area contributed by atoms with Crippen molar-refractivity contribution in [2.45, 2.75) is 13.1 Å². The van der Waals surface area contributed by atoms with E-state index in [0.29, 0.717) is 6.54 Å². The van der Waals surface area contributed by atoms with Gasteiger partial charge in [0.1, 0.15) is 11.6 Å². The van der Waals surface area contributed by atoms with Crippen LogP contribution in [0, 0.1) is 21.7 Å². The first-order valence-electron chi connectivity index (χ1n) is 6.05. The average molecular weight is 313 g/mol. The number of nitrogens with one attached hydrogen (secondary N) is 1. The van der Waals surface area contributed by atoms with Crippen LogP contribution >= 0.6 is 11.6 Å². The molecule has 7 heteroatoms. The molecule has 0 spiro atoms. The van der Waals surface area contributed by atoms with E-state index in [1.165, 1.54) is 12.1 Å². The first-order chi connectivity index (χ1) is 9.97. The van der Waals surface area contributed by atoms with E-state index in [-0.39, 0.29) is 22.8 Å². The number of nitrogens with zero attached hydrogens (tertiary/aromatic N) is 1. The number of hydrogen-bond acceptors (Lipinski definition) is 3. The number of benzene rings is 2. The quantitative estimate of drug-likeness (QED) is 0.674. The Morgan fingerprint density at radius 2 is 1.90 bits per heavy atom. The van der Waals surface area contributed by atoms with Crippen molar-refractivity contribution in [3.05, 3.63) is 74.3 Å². The van der Waals surface area contributed by atoms with Crippen molar-refractivity contribution in [1.29, 1.82) is 0 Å². The van der Waals surface area contributed by atoms with Gasteiger partial charge in [0, 0.05) is 24.7 Å². The largest absolute Gasteiger partial charge is 0.308 e. The third kappa shape index (κ3) is 3.96. The second-order valence-corrected chi connectivity index (χ2v) is 4.79. The molecule has 2 aromatic carbocycles. The number of nitro groups is 1. The smallest absolute Gasteiger partial charge is 0.274 e. The van der Waals surface area contributed by atoms with Crippen molar-refractivity contribution in [3.8, 4) is 0 Å². The summed E-state index contributed by atoms with van der Waals surface area (Å²) in [6, 6.07) is 7.54. The van der Waals surface area contributed by atoms with Gasteiger partial charge in [0.15, 0.2) is 0 Å². The minimum atomic E-state index is -0.564. The molecular weight excluding hydrogens is 302 g/mol. The molecule has 0 radical (unpaired) electrons. The first kappa shape index (κ1) is 15.3. The zero-order valence-electron chi connectivity index (χ0n) is 10.8. The van der Waals surface area contributed by atoms with Crippen LogP contribution in [0.5, 0.6) is 0 Å². The molecule has 0 amide bonds. The van der Waals surface area contributed by atoms with Gasteiger partial charge in [-0.1, -0.05) is 17.7 Å². The number of rotatable bonds is 5. The van der Waals surface area contributed by atoms with Crippen LogP contribution in [0.3, 0.4) is 0 Å². The lowest BCUT2D eigenvalue weighted by Crippen LogP contribution is -2.14. The molecule has 0 saturated carbocycles. The van der Waals surface area contributed by atoms with Gasteiger partial charge in [-0.05, 0) is 29.8 Å². The van der Waals surface area contributed by atoms with Crippen molar-refractivity contribution in [3.63, 3.8) is 0 Å². The number of nitro benzene ring substituents is 1. The predicted molar refractivity (Wildman–Crippen MR) is 75.0 cm³/mol. The molecule has 2 rings (SSSR count). The van der Waals surface area contributed by atoms with Gasteiger partial charge in [0.05, 0.1) is 9.95 Å². The van der Waals surface area contributed by atoms with Gasteiger partial charge in [0.2, 0.25) is 0 Å². The molecule has 2 aromatic rings. The van der Waals surface area contributed by atoms with Crippen molar-refractivity contribution >= 4 is 17.3 Å². The normalized spacial score (nSPS) is 10.6. The minimum Gasteiger partial charge on any atom is -0.308 e. The van der Waals surface area contributed by atoms with Gasteiger partial charge < -0.3 is 5.32 Å². The van der Waals surface area contributed by atoms with Crippen LogP contribution in [-0.2, 0) is 13.1 Å². The molecule has 21 heavy (non-hydrogen) atoms. The molecule has 0 atom stereocenters. The van der Waals surface area contributed by atoms with Gasteiger partial charge in [-0.3, -0.25) is 10.1 Å². The summed E-state index contributed by atoms with van der Waals surface area (Å²) < 4.78 is 26.2. The molecule has 1 N–H and O–H groups in total. The molecule has 0 bridgehead atoms. The van der Waals surface area contributed by atoms with Crippen molar-refractivity contribution in [2.75, 3.05) is 0 Å². The van der Waals surface area contributed by atoms with E-state index in [9.17, 15) is 18.9 Å². The van der Waals surface area contributed by atoms with E-state index in [1.807, 2.05) is 0 Å². The van der Waals surface area contributed by atoms with Crippen LogP contribution in [0.15, 0.2) is 36.4 Å². The highest BCUT2D eigenvalue weighted by Gasteiger charge is 2.13. The summed E-state index contributed by atoms with van der Waals surface area (Å²) in [5.41, 5.74) is 0.815. The average Bonchev–Trinajstić information content (AvgIpc) is 2.42. The maximum Gasteiger partial charge on any atom is 0.274 e. The first-order valence-corrected chi connectivity index (χ1v) is 6.42. The molecule has 0 aliphatic heterocycles. The van der Waals surface area contributed by atoms with Gasteiger partial charge in [-0.25, -0.2) is 8.78 Å².